The second-order valence-corrected chi connectivity index (χ2v) is 7.77. The molecule has 7 nitrogen and oxygen atoms in total. The number of thioether (sulfide) groups is 1. The number of halogens is 1. The molecule has 0 aliphatic heterocycles. The summed E-state index contributed by atoms with van der Waals surface area (Å²) in [5.41, 5.74) is 2.89. The van der Waals surface area contributed by atoms with Crippen molar-refractivity contribution in [1.82, 2.24) is 19.7 Å². The molecule has 0 fully saturated rings. The van der Waals surface area contributed by atoms with Crippen molar-refractivity contribution in [2.75, 3.05) is 12.9 Å². The largest absolute Gasteiger partial charge is 0.465 e. The van der Waals surface area contributed by atoms with Crippen molar-refractivity contribution in [1.29, 1.82) is 0 Å². The number of ether oxygens (including phenoxy) is 1. The van der Waals surface area contributed by atoms with Gasteiger partial charge in [-0.3, -0.25) is 4.79 Å². The van der Waals surface area contributed by atoms with Crippen molar-refractivity contribution in [3.8, 4) is 11.4 Å². The fourth-order valence-electron chi connectivity index (χ4n) is 3.16. The van der Waals surface area contributed by atoms with E-state index in [4.69, 9.17) is 16.3 Å². The van der Waals surface area contributed by atoms with Crippen LogP contribution < -0.4 is 0 Å². The van der Waals surface area contributed by atoms with Gasteiger partial charge in [-0.1, -0.05) is 35.5 Å². The van der Waals surface area contributed by atoms with Crippen LogP contribution in [0.3, 0.4) is 0 Å². The van der Waals surface area contributed by atoms with Crippen molar-refractivity contribution >= 4 is 35.1 Å². The molecular formula is C20H21ClN4O3S. The van der Waals surface area contributed by atoms with Crippen molar-refractivity contribution < 1.29 is 14.3 Å². The summed E-state index contributed by atoms with van der Waals surface area (Å²) in [6.45, 7) is 6.12. The van der Waals surface area contributed by atoms with Gasteiger partial charge in [-0.05, 0) is 38.5 Å². The first-order valence-electron chi connectivity index (χ1n) is 9.00. The lowest BCUT2D eigenvalue weighted by Crippen LogP contribution is -2.08. The minimum Gasteiger partial charge on any atom is -0.465 e. The molecule has 0 saturated carbocycles. The summed E-state index contributed by atoms with van der Waals surface area (Å²) in [7, 11) is 1.32. The zero-order valence-electron chi connectivity index (χ0n) is 16.6. The number of aryl methyl sites for hydroxylation is 1. The summed E-state index contributed by atoms with van der Waals surface area (Å²) in [5.74, 6) is 0.278. The van der Waals surface area contributed by atoms with Crippen LogP contribution >= 0.6 is 23.4 Å². The number of benzene rings is 1. The van der Waals surface area contributed by atoms with Crippen molar-refractivity contribution in [2.45, 2.75) is 32.5 Å². The van der Waals surface area contributed by atoms with Crippen LogP contribution in [-0.2, 0) is 11.3 Å². The van der Waals surface area contributed by atoms with E-state index >= 15 is 0 Å². The molecule has 0 aliphatic carbocycles. The molecule has 0 amide bonds. The first-order chi connectivity index (χ1) is 13.9. The Balaban J connectivity index is 1.80. The predicted octanol–water partition coefficient (Wildman–Crippen LogP) is 4.32. The average Bonchev–Trinajstić information content (AvgIpc) is 3.25. The highest BCUT2D eigenvalue weighted by molar-refractivity contribution is 7.99. The van der Waals surface area contributed by atoms with Crippen molar-refractivity contribution in [2.24, 2.45) is 0 Å². The zero-order chi connectivity index (χ0) is 21.1. The summed E-state index contributed by atoms with van der Waals surface area (Å²) in [5, 5.41) is 9.78. The molecule has 0 saturated heterocycles. The topological polar surface area (TPSA) is 89.9 Å². The van der Waals surface area contributed by atoms with Gasteiger partial charge in [-0.25, -0.2) is 4.79 Å². The van der Waals surface area contributed by atoms with Crippen LogP contribution in [0.5, 0.6) is 0 Å². The Kier molecular flexibility index (Phi) is 6.44. The maximum absolute atomic E-state index is 12.8. The molecule has 29 heavy (non-hydrogen) atoms. The van der Waals surface area contributed by atoms with Gasteiger partial charge in [-0.15, -0.1) is 10.2 Å². The van der Waals surface area contributed by atoms with Crippen molar-refractivity contribution in [3.05, 3.63) is 51.8 Å². The first kappa shape index (κ1) is 21.1. The molecule has 2 heterocycles. The Labute approximate surface area is 177 Å². The van der Waals surface area contributed by atoms with Gasteiger partial charge in [-0.2, -0.15) is 0 Å². The van der Waals surface area contributed by atoms with E-state index in [9.17, 15) is 9.59 Å². The summed E-state index contributed by atoms with van der Waals surface area (Å²) in [4.78, 5) is 27.7. The van der Waals surface area contributed by atoms with Crippen LogP contribution in [0.25, 0.3) is 11.4 Å². The minimum absolute atomic E-state index is 0.124. The normalized spacial score (nSPS) is 10.9. The SMILES string of the molecule is CCn1c(SCC(=O)c2[nH]c(C)c(C(=O)OC)c2C)nnc1-c1cccc(Cl)c1. The molecule has 3 rings (SSSR count). The van der Waals surface area contributed by atoms with Crippen LogP contribution in [0.15, 0.2) is 29.4 Å². The maximum Gasteiger partial charge on any atom is 0.339 e. The summed E-state index contributed by atoms with van der Waals surface area (Å²) in [6, 6.07) is 7.41. The Morgan fingerprint density at radius 2 is 2.03 bits per heavy atom. The molecule has 0 atom stereocenters. The molecule has 1 aromatic carbocycles. The Morgan fingerprint density at radius 3 is 2.69 bits per heavy atom. The molecule has 2 aromatic heterocycles. The number of aromatic amines is 1. The van der Waals surface area contributed by atoms with E-state index in [0.717, 1.165) is 5.56 Å². The first-order valence-corrected chi connectivity index (χ1v) is 10.4. The highest BCUT2D eigenvalue weighted by Gasteiger charge is 2.23. The zero-order valence-corrected chi connectivity index (χ0v) is 18.1. The smallest absolute Gasteiger partial charge is 0.339 e. The van der Waals surface area contributed by atoms with Crippen LogP contribution in [0.4, 0.5) is 0 Å². The number of nitrogens with zero attached hydrogens (tertiary/aromatic N) is 3. The summed E-state index contributed by atoms with van der Waals surface area (Å²) < 4.78 is 6.74. The van der Waals surface area contributed by atoms with E-state index in [2.05, 4.69) is 15.2 Å². The average molecular weight is 433 g/mol. The van der Waals surface area contributed by atoms with Gasteiger partial charge >= 0.3 is 5.97 Å². The van der Waals surface area contributed by atoms with E-state index in [1.165, 1.54) is 18.9 Å². The van der Waals surface area contributed by atoms with Crippen LogP contribution in [0, 0.1) is 13.8 Å². The van der Waals surface area contributed by atoms with E-state index in [-0.39, 0.29) is 11.5 Å². The van der Waals surface area contributed by atoms with Gasteiger partial charge in [0.05, 0.1) is 24.1 Å². The van der Waals surface area contributed by atoms with Gasteiger partial charge in [0.1, 0.15) is 0 Å². The van der Waals surface area contributed by atoms with Gasteiger partial charge < -0.3 is 14.3 Å². The van der Waals surface area contributed by atoms with Gasteiger partial charge in [0.15, 0.2) is 16.8 Å². The highest BCUT2D eigenvalue weighted by atomic mass is 35.5. The Morgan fingerprint density at radius 1 is 1.28 bits per heavy atom. The lowest BCUT2D eigenvalue weighted by molar-refractivity contribution is 0.0599. The Bertz CT molecular complexity index is 1070. The van der Waals surface area contributed by atoms with Crippen molar-refractivity contribution in [3.63, 3.8) is 0 Å². The number of esters is 1. The fourth-order valence-corrected chi connectivity index (χ4v) is 4.23. The lowest BCUT2D eigenvalue weighted by atomic mass is 10.1. The summed E-state index contributed by atoms with van der Waals surface area (Å²) >= 11 is 7.39. The maximum atomic E-state index is 12.8. The quantitative estimate of drug-likeness (QED) is 0.339. The molecule has 0 spiro atoms. The van der Waals surface area contributed by atoms with Gasteiger partial charge in [0, 0.05) is 22.8 Å². The number of methoxy groups -OCH3 is 1. The number of carbonyl (C=O) groups excluding carboxylic acids is 2. The van der Waals surface area contributed by atoms with E-state index < -0.39 is 5.97 Å². The Hall–Kier alpha value is -2.58. The van der Waals surface area contributed by atoms with E-state index in [1.54, 1.807) is 19.9 Å². The number of carbonyl (C=O) groups is 2. The molecular weight excluding hydrogens is 412 g/mol. The van der Waals surface area contributed by atoms with E-state index in [0.29, 0.717) is 45.1 Å². The number of Topliss-reactive ketones (excluding diaryl/α,β-unsaturated/α-hetero) is 1. The molecule has 152 valence electrons. The molecule has 0 radical (unpaired) electrons. The molecule has 0 unspecified atom stereocenters. The third-order valence-electron chi connectivity index (χ3n) is 4.55. The molecule has 0 bridgehead atoms. The lowest BCUT2D eigenvalue weighted by Gasteiger charge is -2.07. The molecule has 0 aliphatic rings. The molecule has 1 N–H and O–H groups in total. The monoisotopic (exact) mass is 432 g/mol. The third-order valence-corrected chi connectivity index (χ3v) is 5.76. The van der Waals surface area contributed by atoms with Crippen LogP contribution in [0.1, 0.15) is 39.0 Å². The number of nitrogens with one attached hydrogen (secondary N) is 1. The third kappa shape index (κ3) is 4.23. The fraction of sp³-hybridized carbons (Fsp3) is 0.300. The van der Waals surface area contributed by atoms with E-state index in [1.807, 2.05) is 29.7 Å². The number of H-pyrrole nitrogens is 1. The van der Waals surface area contributed by atoms with Crippen LogP contribution in [-0.4, -0.2) is 44.4 Å². The number of hydrogen-bond donors (Lipinski definition) is 1. The number of ketones is 1. The van der Waals surface area contributed by atoms with Gasteiger partial charge in [0.25, 0.3) is 0 Å². The minimum atomic E-state index is -0.458. The second kappa shape index (κ2) is 8.84. The second-order valence-electron chi connectivity index (χ2n) is 6.39. The van der Waals surface area contributed by atoms with Gasteiger partial charge in [0.2, 0.25) is 0 Å². The molecule has 3 aromatic rings. The number of rotatable bonds is 7. The number of aromatic nitrogens is 4. The standard InChI is InChI=1S/C20H21ClN4O3S/c1-5-25-18(13-7-6-8-14(21)9-13)23-24-20(25)29-10-15(26)17-11(2)16(12(3)22-17)19(27)28-4/h6-9,22H,5,10H2,1-4H3. The molecule has 9 heteroatoms. The number of hydrogen-bond acceptors (Lipinski definition) is 6. The summed E-state index contributed by atoms with van der Waals surface area (Å²) in [6.07, 6.45) is 0. The highest BCUT2D eigenvalue weighted by Crippen LogP contribution is 2.27. The predicted molar refractivity (Wildman–Crippen MR) is 113 cm³/mol. The van der Waals surface area contributed by atoms with Crippen LogP contribution in [0.2, 0.25) is 5.02 Å².